The van der Waals surface area contributed by atoms with Gasteiger partial charge in [0, 0.05) is 19.5 Å². The Morgan fingerprint density at radius 2 is 1.75 bits per heavy atom. The van der Waals surface area contributed by atoms with E-state index in [1.165, 1.54) is 7.05 Å². The molecule has 0 aliphatic heterocycles. The van der Waals surface area contributed by atoms with Crippen LogP contribution in [0.25, 0.3) is 0 Å². The fourth-order valence-electron chi connectivity index (χ4n) is 2.84. The molecule has 0 aliphatic rings. The van der Waals surface area contributed by atoms with E-state index >= 15 is 0 Å². The highest BCUT2D eigenvalue weighted by Crippen LogP contribution is 2.32. The summed E-state index contributed by atoms with van der Waals surface area (Å²) in [6.45, 7) is -0.0437. The maximum Gasteiger partial charge on any atom is 0.417 e. The Kier molecular flexibility index (Phi) is 6.74. The molecule has 2 amide bonds. The molecule has 2 atom stereocenters. The van der Waals surface area contributed by atoms with E-state index in [4.69, 9.17) is 5.73 Å². The van der Waals surface area contributed by atoms with Crippen LogP contribution in [-0.2, 0) is 11.0 Å². The monoisotopic (exact) mass is 397 g/mol. The SMILES string of the molecule is CNC(=O)C(NC(=O)c1ccc(F)cc1C(F)(F)F)[C@H](CN)c1ccccc1. The third-order valence-corrected chi connectivity index (χ3v) is 4.23. The topological polar surface area (TPSA) is 84.2 Å². The van der Waals surface area contributed by atoms with Crippen LogP contribution in [-0.4, -0.2) is 31.4 Å². The van der Waals surface area contributed by atoms with E-state index in [0.29, 0.717) is 5.56 Å². The number of hydrogen-bond donors (Lipinski definition) is 3. The molecule has 0 fully saturated rings. The average molecular weight is 397 g/mol. The third-order valence-electron chi connectivity index (χ3n) is 4.23. The average Bonchev–Trinajstić information content (AvgIpc) is 2.67. The molecule has 0 aromatic heterocycles. The van der Waals surface area contributed by atoms with Gasteiger partial charge in [-0.3, -0.25) is 9.59 Å². The summed E-state index contributed by atoms with van der Waals surface area (Å²) in [5.41, 5.74) is 4.19. The Morgan fingerprint density at radius 3 is 2.29 bits per heavy atom. The van der Waals surface area contributed by atoms with Gasteiger partial charge in [0.2, 0.25) is 5.91 Å². The number of amides is 2. The molecule has 4 N–H and O–H groups in total. The summed E-state index contributed by atoms with van der Waals surface area (Å²) in [4.78, 5) is 24.9. The predicted octanol–water partition coefficient (Wildman–Crippen LogP) is 2.43. The van der Waals surface area contributed by atoms with Crippen molar-refractivity contribution < 1.29 is 27.2 Å². The molecular formula is C19H19F4N3O2. The fourth-order valence-corrected chi connectivity index (χ4v) is 2.84. The van der Waals surface area contributed by atoms with Crippen LogP contribution in [0.2, 0.25) is 0 Å². The zero-order valence-electron chi connectivity index (χ0n) is 14.9. The molecule has 9 heteroatoms. The van der Waals surface area contributed by atoms with Crippen LogP contribution >= 0.6 is 0 Å². The molecule has 2 aromatic rings. The zero-order valence-corrected chi connectivity index (χ0v) is 14.9. The summed E-state index contributed by atoms with van der Waals surface area (Å²) in [5, 5.41) is 4.68. The first-order valence-electron chi connectivity index (χ1n) is 8.33. The van der Waals surface area contributed by atoms with Gasteiger partial charge in [0.25, 0.3) is 5.91 Å². The molecule has 28 heavy (non-hydrogen) atoms. The van der Waals surface area contributed by atoms with Crippen molar-refractivity contribution in [1.29, 1.82) is 0 Å². The second-order valence-corrected chi connectivity index (χ2v) is 6.01. The molecule has 0 aliphatic carbocycles. The second-order valence-electron chi connectivity index (χ2n) is 6.01. The summed E-state index contributed by atoms with van der Waals surface area (Å²) < 4.78 is 52.9. The number of benzene rings is 2. The van der Waals surface area contributed by atoms with Crippen molar-refractivity contribution >= 4 is 11.8 Å². The molecule has 0 heterocycles. The maximum absolute atomic E-state index is 13.3. The molecule has 0 radical (unpaired) electrons. The molecule has 5 nitrogen and oxygen atoms in total. The smallest absolute Gasteiger partial charge is 0.357 e. The van der Waals surface area contributed by atoms with E-state index in [1.807, 2.05) is 0 Å². The lowest BCUT2D eigenvalue weighted by molar-refractivity contribution is -0.138. The van der Waals surface area contributed by atoms with Crippen molar-refractivity contribution in [3.8, 4) is 0 Å². The fraction of sp³-hybridized carbons (Fsp3) is 0.263. The first kappa shape index (κ1) is 21.4. The van der Waals surface area contributed by atoms with Crippen molar-refractivity contribution in [2.24, 2.45) is 5.73 Å². The number of halogens is 4. The minimum Gasteiger partial charge on any atom is -0.357 e. The lowest BCUT2D eigenvalue weighted by Crippen LogP contribution is -2.51. The van der Waals surface area contributed by atoms with Gasteiger partial charge in [0.05, 0.1) is 11.1 Å². The summed E-state index contributed by atoms with van der Waals surface area (Å²) in [6, 6.07) is 9.05. The Bertz CT molecular complexity index is 841. The first-order chi connectivity index (χ1) is 13.2. The normalized spacial score (nSPS) is 13.5. The Labute approximate surface area is 158 Å². The van der Waals surface area contributed by atoms with Crippen LogP contribution in [0.3, 0.4) is 0 Å². The minimum absolute atomic E-state index is 0.0437. The van der Waals surface area contributed by atoms with Crippen LogP contribution in [0, 0.1) is 5.82 Å². The number of carbonyl (C=O) groups excluding carboxylic acids is 2. The quantitative estimate of drug-likeness (QED) is 0.655. The number of nitrogens with two attached hydrogens (primary N) is 1. The van der Waals surface area contributed by atoms with Crippen LogP contribution < -0.4 is 16.4 Å². The van der Waals surface area contributed by atoms with Crippen molar-refractivity contribution in [2.45, 2.75) is 18.1 Å². The van der Waals surface area contributed by atoms with Crippen molar-refractivity contribution in [2.75, 3.05) is 13.6 Å². The highest BCUT2D eigenvalue weighted by Gasteiger charge is 2.37. The summed E-state index contributed by atoms with van der Waals surface area (Å²) in [5.74, 6) is -3.59. The third kappa shape index (κ3) is 4.86. The zero-order chi connectivity index (χ0) is 20.9. The Balaban J connectivity index is 2.41. The van der Waals surface area contributed by atoms with Crippen molar-refractivity contribution in [3.63, 3.8) is 0 Å². The van der Waals surface area contributed by atoms with Gasteiger partial charge >= 0.3 is 6.18 Å². The highest BCUT2D eigenvalue weighted by atomic mass is 19.4. The highest BCUT2D eigenvalue weighted by molar-refractivity contribution is 5.99. The van der Waals surface area contributed by atoms with Crippen LogP contribution in [0.15, 0.2) is 48.5 Å². The predicted molar refractivity (Wildman–Crippen MR) is 95.0 cm³/mol. The number of carbonyl (C=O) groups is 2. The van der Waals surface area contributed by atoms with Crippen LogP contribution in [0.4, 0.5) is 17.6 Å². The maximum atomic E-state index is 13.3. The summed E-state index contributed by atoms with van der Waals surface area (Å²) in [6.07, 6.45) is -4.94. The van der Waals surface area contributed by atoms with E-state index in [-0.39, 0.29) is 12.6 Å². The number of likely N-dealkylation sites (N-methyl/N-ethyl adjacent to an activating group) is 1. The van der Waals surface area contributed by atoms with Crippen LogP contribution in [0.1, 0.15) is 27.4 Å². The first-order valence-corrected chi connectivity index (χ1v) is 8.33. The molecule has 0 saturated carbocycles. The van der Waals surface area contributed by atoms with Gasteiger partial charge < -0.3 is 16.4 Å². The van der Waals surface area contributed by atoms with Gasteiger partial charge in [-0.05, 0) is 23.8 Å². The van der Waals surface area contributed by atoms with E-state index in [9.17, 15) is 27.2 Å². The molecule has 0 bridgehead atoms. The minimum atomic E-state index is -4.94. The Hall–Kier alpha value is -2.94. The van der Waals surface area contributed by atoms with Crippen molar-refractivity contribution in [1.82, 2.24) is 10.6 Å². The lowest BCUT2D eigenvalue weighted by Gasteiger charge is -2.26. The molecule has 2 aromatic carbocycles. The number of nitrogens with one attached hydrogen (secondary N) is 2. The van der Waals surface area contributed by atoms with E-state index in [0.717, 1.165) is 12.1 Å². The molecular weight excluding hydrogens is 378 g/mol. The van der Waals surface area contributed by atoms with Gasteiger partial charge in [0.15, 0.2) is 0 Å². The molecule has 150 valence electrons. The van der Waals surface area contributed by atoms with Gasteiger partial charge in [-0.25, -0.2) is 4.39 Å². The van der Waals surface area contributed by atoms with Gasteiger partial charge in [-0.1, -0.05) is 30.3 Å². The number of hydrogen-bond acceptors (Lipinski definition) is 3. The van der Waals surface area contributed by atoms with Gasteiger partial charge in [-0.15, -0.1) is 0 Å². The summed E-state index contributed by atoms with van der Waals surface area (Å²) >= 11 is 0. The van der Waals surface area contributed by atoms with Crippen molar-refractivity contribution in [3.05, 3.63) is 71.0 Å². The number of alkyl halides is 3. The van der Waals surface area contributed by atoms with E-state index in [2.05, 4.69) is 10.6 Å². The molecule has 2 rings (SSSR count). The lowest BCUT2D eigenvalue weighted by atomic mass is 9.90. The summed E-state index contributed by atoms with van der Waals surface area (Å²) in [7, 11) is 1.33. The second kappa shape index (κ2) is 8.83. The van der Waals surface area contributed by atoms with Gasteiger partial charge in [-0.2, -0.15) is 13.2 Å². The van der Waals surface area contributed by atoms with Crippen LogP contribution in [0.5, 0.6) is 0 Å². The number of rotatable bonds is 6. The molecule has 0 spiro atoms. The largest absolute Gasteiger partial charge is 0.417 e. The standard InChI is InChI=1S/C19H19F4N3O2/c1-25-18(28)16(14(10-24)11-5-3-2-4-6-11)26-17(27)13-8-7-12(20)9-15(13)19(21,22)23/h2-9,14,16H,10,24H2,1H3,(H,25,28)(H,26,27)/t14-,16?/m1/s1. The Morgan fingerprint density at radius 1 is 1.11 bits per heavy atom. The van der Waals surface area contributed by atoms with E-state index in [1.54, 1.807) is 30.3 Å². The van der Waals surface area contributed by atoms with E-state index < -0.39 is 46.9 Å². The van der Waals surface area contributed by atoms with Gasteiger partial charge in [0.1, 0.15) is 11.9 Å². The molecule has 1 unspecified atom stereocenters. The molecule has 0 saturated heterocycles.